The van der Waals surface area contributed by atoms with E-state index >= 15 is 0 Å². The number of rotatable bonds is 3. The van der Waals surface area contributed by atoms with Gasteiger partial charge in [0, 0.05) is 31.2 Å². The summed E-state index contributed by atoms with van der Waals surface area (Å²) >= 11 is 0. The Bertz CT molecular complexity index is 745. The molecule has 0 radical (unpaired) electrons. The van der Waals surface area contributed by atoms with Gasteiger partial charge < -0.3 is 15.6 Å². The molecule has 6 heteroatoms. The topological polar surface area (TPSA) is 84.5 Å². The quantitative estimate of drug-likeness (QED) is 0.887. The number of nitrogens with zero attached hydrogens (tertiary/aromatic N) is 3. The smallest absolute Gasteiger partial charge is 0.145 e. The zero-order chi connectivity index (χ0) is 17.3. The van der Waals surface area contributed by atoms with Gasteiger partial charge in [-0.05, 0) is 43.2 Å². The third kappa shape index (κ3) is 3.34. The van der Waals surface area contributed by atoms with E-state index in [0.717, 1.165) is 55.7 Å². The van der Waals surface area contributed by atoms with Crippen molar-refractivity contribution in [3.05, 3.63) is 30.1 Å². The van der Waals surface area contributed by atoms with Crippen LogP contribution in [-0.4, -0.2) is 52.4 Å². The SMILES string of the molecule is Nc1nc(CN2CC3(CCOCC3)CCC2CO)nc2ccccc12. The number of hydrogen-bond donors (Lipinski definition) is 2. The fourth-order valence-electron chi connectivity index (χ4n) is 4.30. The molecule has 1 aromatic heterocycles. The summed E-state index contributed by atoms with van der Waals surface area (Å²) in [6.07, 6.45) is 4.38. The number of aliphatic hydroxyl groups is 1. The Morgan fingerprint density at radius 1 is 1.20 bits per heavy atom. The second-order valence-corrected chi connectivity index (χ2v) is 7.43. The minimum atomic E-state index is 0.171. The van der Waals surface area contributed by atoms with Gasteiger partial charge in [-0.1, -0.05) is 12.1 Å². The van der Waals surface area contributed by atoms with Crippen LogP contribution in [-0.2, 0) is 11.3 Å². The molecule has 1 aromatic carbocycles. The van der Waals surface area contributed by atoms with E-state index in [-0.39, 0.29) is 12.6 Å². The van der Waals surface area contributed by atoms with Crippen LogP contribution in [0.25, 0.3) is 10.9 Å². The minimum absolute atomic E-state index is 0.171. The van der Waals surface area contributed by atoms with Crippen LogP contribution in [0, 0.1) is 5.41 Å². The molecule has 25 heavy (non-hydrogen) atoms. The standard InChI is InChI=1S/C19H26N4O2/c20-18-15-3-1-2-4-16(15)21-17(22-18)11-23-13-19(6-5-14(23)12-24)7-9-25-10-8-19/h1-4,14,24H,5-13H2,(H2,20,21,22). The summed E-state index contributed by atoms with van der Waals surface area (Å²) in [4.78, 5) is 11.6. The Balaban J connectivity index is 1.58. The zero-order valence-electron chi connectivity index (χ0n) is 14.5. The maximum absolute atomic E-state index is 9.82. The normalized spacial score (nSPS) is 24.0. The maximum Gasteiger partial charge on any atom is 0.145 e. The summed E-state index contributed by atoms with van der Waals surface area (Å²) in [5.41, 5.74) is 7.32. The Kier molecular flexibility index (Phi) is 4.58. The fourth-order valence-corrected chi connectivity index (χ4v) is 4.30. The van der Waals surface area contributed by atoms with E-state index < -0.39 is 0 Å². The molecule has 2 saturated heterocycles. The molecule has 6 nitrogen and oxygen atoms in total. The van der Waals surface area contributed by atoms with Crippen molar-refractivity contribution in [2.75, 3.05) is 32.1 Å². The first-order valence-electron chi connectivity index (χ1n) is 9.13. The van der Waals surface area contributed by atoms with Crippen molar-refractivity contribution < 1.29 is 9.84 Å². The van der Waals surface area contributed by atoms with E-state index in [4.69, 9.17) is 15.5 Å². The number of ether oxygens (including phenoxy) is 1. The monoisotopic (exact) mass is 342 g/mol. The second-order valence-electron chi connectivity index (χ2n) is 7.43. The van der Waals surface area contributed by atoms with Gasteiger partial charge in [0.1, 0.15) is 11.6 Å². The van der Waals surface area contributed by atoms with Crippen molar-refractivity contribution in [1.82, 2.24) is 14.9 Å². The first-order chi connectivity index (χ1) is 12.2. The van der Waals surface area contributed by atoms with Gasteiger partial charge in [0.25, 0.3) is 0 Å². The van der Waals surface area contributed by atoms with Crippen LogP contribution < -0.4 is 5.73 Å². The number of hydrogen-bond acceptors (Lipinski definition) is 6. The van der Waals surface area contributed by atoms with Gasteiger partial charge in [-0.15, -0.1) is 0 Å². The zero-order valence-corrected chi connectivity index (χ0v) is 14.5. The molecular formula is C19H26N4O2. The predicted octanol–water partition coefficient (Wildman–Crippen LogP) is 1.97. The fraction of sp³-hybridized carbons (Fsp3) is 0.579. The molecule has 2 aliphatic heterocycles. The third-order valence-electron chi connectivity index (χ3n) is 5.85. The van der Waals surface area contributed by atoms with Crippen molar-refractivity contribution in [2.45, 2.75) is 38.3 Å². The summed E-state index contributed by atoms with van der Waals surface area (Å²) in [6.45, 7) is 3.46. The van der Waals surface area contributed by atoms with Crippen LogP contribution in [0.1, 0.15) is 31.5 Å². The number of aromatic nitrogens is 2. The summed E-state index contributed by atoms with van der Waals surface area (Å²) in [5, 5.41) is 10.7. The first kappa shape index (κ1) is 16.7. The lowest BCUT2D eigenvalue weighted by Gasteiger charge is -2.48. The second kappa shape index (κ2) is 6.86. The number of likely N-dealkylation sites (tertiary alicyclic amines) is 1. The number of piperidine rings is 1. The maximum atomic E-state index is 9.82. The van der Waals surface area contributed by atoms with Crippen molar-refractivity contribution in [3.63, 3.8) is 0 Å². The lowest BCUT2D eigenvalue weighted by Crippen LogP contribution is -2.51. The molecule has 4 rings (SSSR count). The Hall–Kier alpha value is -1.76. The van der Waals surface area contributed by atoms with Crippen LogP contribution in [0.3, 0.4) is 0 Å². The number of benzene rings is 1. The van der Waals surface area contributed by atoms with Crippen molar-refractivity contribution in [1.29, 1.82) is 0 Å². The molecule has 0 amide bonds. The number of aliphatic hydroxyl groups excluding tert-OH is 1. The van der Waals surface area contributed by atoms with Crippen LogP contribution in [0.15, 0.2) is 24.3 Å². The number of nitrogen functional groups attached to an aromatic ring is 1. The molecule has 134 valence electrons. The highest BCUT2D eigenvalue weighted by molar-refractivity contribution is 5.87. The third-order valence-corrected chi connectivity index (χ3v) is 5.85. The average Bonchev–Trinajstić information content (AvgIpc) is 2.63. The van der Waals surface area contributed by atoms with Gasteiger partial charge in [-0.3, -0.25) is 4.90 Å². The molecule has 2 aromatic rings. The van der Waals surface area contributed by atoms with Crippen molar-refractivity contribution >= 4 is 16.7 Å². The summed E-state index contributed by atoms with van der Waals surface area (Å²) in [5.74, 6) is 1.26. The molecule has 1 atom stereocenters. The molecule has 0 bridgehead atoms. The first-order valence-corrected chi connectivity index (χ1v) is 9.13. The molecule has 2 aliphatic rings. The van der Waals surface area contributed by atoms with Crippen LogP contribution in [0.2, 0.25) is 0 Å². The molecule has 1 unspecified atom stereocenters. The largest absolute Gasteiger partial charge is 0.395 e. The summed E-state index contributed by atoms with van der Waals surface area (Å²) < 4.78 is 5.56. The van der Waals surface area contributed by atoms with E-state index in [1.165, 1.54) is 6.42 Å². The van der Waals surface area contributed by atoms with Gasteiger partial charge in [0.05, 0.1) is 18.7 Å². The highest BCUT2D eigenvalue weighted by Crippen LogP contribution is 2.41. The van der Waals surface area contributed by atoms with E-state index in [1.54, 1.807) is 0 Å². The molecular weight excluding hydrogens is 316 g/mol. The van der Waals surface area contributed by atoms with Gasteiger partial charge in [-0.2, -0.15) is 0 Å². The van der Waals surface area contributed by atoms with Gasteiger partial charge >= 0.3 is 0 Å². The van der Waals surface area contributed by atoms with Crippen molar-refractivity contribution in [3.8, 4) is 0 Å². The molecule has 0 aliphatic carbocycles. The Labute approximate surface area is 148 Å². The summed E-state index contributed by atoms with van der Waals surface area (Å²) in [7, 11) is 0. The average molecular weight is 342 g/mol. The van der Waals surface area contributed by atoms with Crippen LogP contribution >= 0.6 is 0 Å². The van der Waals surface area contributed by atoms with Crippen LogP contribution in [0.4, 0.5) is 5.82 Å². The van der Waals surface area contributed by atoms with E-state index in [0.29, 0.717) is 17.8 Å². The Morgan fingerprint density at radius 2 is 2.00 bits per heavy atom. The number of anilines is 1. The molecule has 0 saturated carbocycles. The number of fused-ring (bicyclic) bond motifs is 1. The van der Waals surface area contributed by atoms with Crippen LogP contribution in [0.5, 0.6) is 0 Å². The predicted molar refractivity (Wildman–Crippen MR) is 97.0 cm³/mol. The molecule has 2 fully saturated rings. The summed E-state index contributed by atoms with van der Waals surface area (Å²) in [6, 6.07) is 8.00. The highest BCUT2D eigenvalue weighted by atomic mass is 16.5. The van der Waals surface area contributed by atoms with Gasteiger partial charge in [0.2, 0.25) is 0 Å². The highest BCUT2D eigenvalue weighted by Gasteiger charge is 2.40. The molecule has 3 heterocycles. The van der Waals surface area contributed by atoms with Gasteiger partial charge in [0.15, 0.2) is 0 Å². The lowest BCUT2D eigenvalue weighted by atomic mass is 9.72. The number of para-hydroxylation sites is 1. The van der Waals surface area contributed by atoms with Gasteiger partial charge in [-0.25, -0.2) is 9.97 Å². The van der Waals surface area contributed by atoms with E-state index in [1.807, 2.05) is 24.3 Å². The minimum Gasteiger partial charge on any atom is -0.395 e. The molecule has 3 N–H and O–H groups in total. The molecule has 1 spiro atoms. The lowest BCUT2D eigenvalue weighted by molar-refractivity contribution is -0.0556. The van der Waals surface area contributed by atoms with Crippen molar-refractivity contribution in [2.24, 2.45) is 5.41 Å². The number of nitrogens with two attached hydrogens (primary N) is 1. The Morgan fingerprint density at radius 3 is 2.80 bits per heavy atom. The van der Waals surface area contributed by atoms with E-state index in [9.17, 15) is 5.11 Å². The van der Waals surface area contributed by atoms with E-state index in [2.05, 4.69) is 9.88 Å².